The lowest BCUT2D eigenvalue weighted by atomic mass is 10.1. The van der Waals surface area contributed by atoms with Gasteiger partial charge in [0, 0.05) is 5.75 Å². The molecule has 1 aromatic carbocycles. The molecule has 1 N–H and O–H groups in total. The van der Waals surface area contributed by atoms with Gasteiger partial charge >= 0.3 is 0 Å². The fraction of sp³-hybridized carbons (Fsp3) is 0.0714. The third kappa shape index (κ3) is 2.51. The maximum Gasteiger partial charge on any atom is 0.181 e. The molecule has 0 amide bonds. The number of hydrogen-bond acceptors (Lipinski definition) is 4. The van der Waals surface area contributed by atoms with E-state index in [2.05, 4.69) is 50.8 Å². The molecule has 0 saturated carbocycles. The average Bonchev–Trinajstić information content (AvgIpc) is 2.94. The van der Waals surface area contributed by atoms with E-state index in [1.807, 2.05) is 6.08 Å². The van der Waals surface area contributed by atoms with E-state index in [9.17, 15) is 0 Å². The number of nitrogens with zero attached hydrogens (tertiary/aromatic N) is 3. The van der Waals surface area contributed by atoms with Crippen molar-refractivity contribution >= 4 is 29.0 Å². The van der Waals surface area contributed by atoms with Crippen molar-refractivity contribution in [1.82, 2.24) is 19.9 Å². The summed E-state index contributed by atoms with van der Waals surface area (Å²) in [5.74, 6) is 0.864. The van der Waals surface area contributed by atoms with Gasteiger partial charge in [-0.2, -0.15) is 0 Å². The molecule has 3 aromatic rings. The predicted octanol–water partition coefficient (Wildman–Crippen LogP) is 3.29. The van der Waals surface area contributed by atoms with Crippen LogP contribution in [0.3, 0.4) is 0 Å². The Labute approximate surface area is 115 Å². The highest BCUT2D eigenvalue weighted by molar-refractivity contribution is 7.98. The molecular formula is C14H12N4S. The van der Waals surface area contributed by atoms with Crippen molar-refractivity contribution in [2.45, 2.75) is 10.8 Å². The normalized spacial score (nSPS) is 10.7. The number of nitrogens with one attached hydrogen (secondary N) is 1. The highest BCUT2D eigenvalue weighted by atomic mass is 32.2. The number of H-pyrrole nitrogens is 1. The van der Waals surface area contributed by atoms with Gasteiger partial charge in [-0.3, -0.25) is 0 Å². The lowest BCUT2D eigenvalue weighted by Gasteiger charge is -2.02. The Morgan fingerprint density at radius 1 is 1.16 bits per heavy atom. The Kier molecular flexibility index (Phi) is 3.29. The van der Waals surface area contributed by atoms with Gasteiger partial charge < -0.3 is 4.98 Å². The monoisotopic (exact) mass is 268 g/mol. The van der Waals surface area contributed by atoms with Crippen LogP contribution >= 0.6 is 11.8 Å². The second-order valence-electron chi connectivity index (χ2n) is 4.01. The second kappa shape index (κ2) is 5.24. The van der Waals surface area contributed by atoms with Gasteiger partial charge in [-0.1, -0.05) is 48.7 Å². The summed E-state index contributed by atoms with van der Waals surface area (Å²) in [4.78, 5) is 15.6. The summed E-state index contributed by atoms with van der Waals surface area (Å²) in [6, 6.07) is 8.34. The molecule has 5 heteroatoms. The molecule has 2 aromatic heterocycles. The summed E-state index contributed by atoms with van der Waals surface area (Å²) in [5.41, 5.74) is 3.99. The van der Waals surface area contributed by atoms with Crippen LogP contribution in [0.2, 0.25) is 0 Å². The molecule has 0 unspecified atom stereocenters. The Hall–Kier alpha value is -2.14. The fourth-order valence-electron chi connectivity index (χ4n) is 1.75. The number of aromatic amines is 1. The molecule has 19 heavy (non-hydrogen) atoms. The lowest BCUT2D eigenvalue weighted by molar-refractivity contribution is 1.08. The Morgan fingerprint density at radius 2 is 2.00 bits per heavy atom. The lowest BCUT2D eigenvalue weighted by Crippen LogP contribution is -1.87. The molecule has 0 aliphatic rings. The van der Waals surface area contributed by atoms with Gasteiger partial charge in [0.2, 0.25) is 0 Å². The van der Waals surface area contributed by atoms with Crippen LogP contribution in [0.15, 0.2) is 48.5 Å². The summed E-state index contributed by atoms with van der Waals surface area (Å²) in [6.07, 6.45) is 5.03. The first kappa shape index (κ1) is 11.9. The zero-order valence-electron chi connectivity index (χ0n) is 10.2. The molecule has 0 saturated heterocycles. The van der Waals surface area contributed by atoms with E-state index >= 15 is 0 Å². The van der Waals surface area contributed by atoms with Crippen LogP contribution in [0.4, 0.5) is 0 Å². The molecule has 0 radical (unpaired) electrons. The molecule has 0 aliphatic heterocycles. The van der Waals surface area contributed by atoms with Gasteiger partial charge in [0.15, 0.2) is 5.65 Å². The van der Waals surface area contributed by atoms with Crippen LogP contribution in [-0.4, -0.2) is 19.9 Å². The number of fused-ring (bicyclic) bond motifs is 1. The summed E-state index contributed by atoms with van der Waals surface area (Å²) >= 11 is 1.67. The Balaban J connectivity index is 1.78. The van der Waals surface area contributed by atoms with Crippen LogP contribution in [0, 0.1) is 0 Å². The zero-order chi connectivity index (χ0) is 13.1. The van der Waals surface area contributed by atoms with Gasteiger partial charge in [-0.25, -0.2) is 15.0 Å². The van der Waals surface area contributed by atoms with E-state index in [1.165, 1.54) is 5.56 Å². The van der Waals surface area contributed by atoms with E-state index < -0.39 is 0 Å². The number of benzene rings is 1. The molecule has 0 atom stereocenters. The molecule has 0 bridgehead atoms. The van der Waals surface area contributed by atoms with Gasteiger partial charge in [0.25, 0.3) is 0 Å². The minimum Gasteiger partial charge on any atom is -0.341 e. The maximum absolute atomic E-state index is 4.29. The SMILES string of the molecule is C=Cc1ccc(CSc2ncnc3nc[nH]c23)cc1. The number of hydrogen-bond donors (Lipinski definition) is 1. The first-order valence-electron chi connectivity index (χ1n) is 5.85. The van der Waals surface area contributed by atoms with Gasteiger partial charge in [0.05, 0.1) is 6.33 Å². The number of imidazole rings is 1. The Bertz CT molecular complexity index is 703. The largest absolute Gasteiger partial charge is 0.341 e. The smallest absolute Gasteiger partial charge is 0.181 e. The third-order valence-electron chi connectivity index (χ3n) is 2.78. The minimum atomic E-state index is 0.708. The van der Waals surface area contributed by atoms with Crippen molar-refractivity contribution in [3.8, 4) is 0 Å². The van der Waals surface area contributed by atoms with Gasteiger partial charge in [-0.05, 0) is 11.1 Å². The molecule has 3 rings (SSSR count). The van der Waals surface area contributed by atoms with Crippen LogP contribution in [-0.2, 0) is 5.75 Å². The molecule has 0 aliphatic carbocycles. The minimum absolute atomic E-state index is 0.708. The first-order valence-corrected chi connectivity index (χ1v) is 6.83. The van der Waals surface area contributed by atoms with Crippen LogP contribution in [0.25, 0.3) is 17.2 Å². The van der Waals surface area contributed by atoms with Gasteiger partial charge in [0.1, 0.15) is 16.9 Å². The van der Waals surface area contributed by atoms with Crippen molar-refractivity contribution in [2.24, 2.45) is 0 Å². The molecular weight excluding hydrogens is 256 g/mol. The van der Waals surface area contributed by atoms with Crippen molar-refractivity contribution in [3.05, 3.63) is 54.6 Å². The quantitative estimate of drug-likeness (QED) is 0.582. The summed E-state index contributed by atoms with van der Waals surface area (Å²) in [5, 5.41) is 0.926. The summed E-state index contributed by atoms with van der Waals surface area (Å²) in [7, 11) is 0. The third-order valence-corrected chi connectivity index (χ3v) is 3.84. The Morgan fingerprint density at radius 3 is 2.79 bits per heavy atom. The molecule has 0 fully saturated rings. The number of thioether (sulfide) groups is 1. The van der Waals surface area contributed by atoms with Crippen LogP contribution in [0.1, 0.15) is 11.1 Å². The fourth-order valence-corrected chi connectivity index (χ4v) is 2.67. The van der Waals surface area contributed by atoms with Crippen LogP contribution < -0.4 is 0 Å². The van der Waals surface area contributed by atoms with E-state index in [4.69, 9.17) is 0 Å². The molecule has 4 nitrogen and oxygen atoms in total. The highest BCUT2D eigenvalue weighted by Gasteiger charge is 2.06. The van der Waals surface area contributed by atoms with Crippen molar-refractivity contribution in [3.63, 3.8) is 0 Å². The van der Waals surface area contributed by atoms with E-state index in [1.54, 1.807) is 24.4 Å². The molecule has 2 heterocycles. The maximum atomic E-state index is 4.29. The molecule has 94 valence electrons. The van der Waals surface area contributed by atoms with E-state index in [0.29, 0.717) is 5.65 Å². The van der Waals surface area contributed by atoms with E-state index in [0.717, 1.165) is 21.9 Å². The second-order valence-corrected chi connectivity index (χ2v) is 4.98. The van der Waals surface area contributed by atoms with Crippen molar-refractivity contribution in [1.29, 1.82) is 0 Å². The average molecular weight is 268 g/mol. The van der Waals surface area contributed by atoms with Gasteiger partial charge in [-0.15, -0.1) is 0 Å². The number of aromatic nitrogens is 4. The van der Waals surface area contributed by atoms with Crippen molar-refractivity contribution in [2.75, 3.05) is 0 Å². The number of rotatable bonds is 4. The van der Waals surface area contributed by atoms with Crippen molar-refractivity contribution < 1.29 is 0 Å². The zero-order valence-corrected chi connectivity index (χ0v) is 11.0. The standard InChI is InChI=1S/C14H12N4S/c1-2-10-3-5-11(6-4-10)7-19-14-12-13(16-8-15-12)17-9-18-14/h2-6,8-9H,1,7H2,(H,15,16,17,18). The van der Waals surface area contributed by atoms with E-state index in [-0.39, 0.29) is 0 Å². The highest BCUT2D eigenvalue weighted by Crippen LogP contribution is 2.25. The summed E-state index contributed by atoms with van der Waals surface area (Å²) in [6.45, 7) is 3.75. The first-order chi connectivity index (χ1) is 9.36. The predicted molar refractivity (Wildman–Crippen MR) is 77.8 cm³/mol. The molecule has 0 spiro atoms. The van der Waals surface area contributed by atoms with Crippen LogP contribution in [0.5, 0.6) is 0 Å². The summed E-state index contributed by atoms with van der Waals surface area (Å²) < 4.78 is 0. The topological polar surface area (TPSA) is 54.5 Å².